The zero-order chi connectivity index (χ0) is 29.4. The first-order chi connectivity index (χ1) is 19.5. The van der Waals surface area contributed by atoms with Gasteiger partial charge in [-0.2, -0.15) is 0 Å². The van der Waals surface area contributed by atoms with Crippen LogP contribution in [0.25, 0.3) is 0 Å². The highest BCUT2D eigenvalue weighted by Crippen LogP contribution is 2.34. The summed E-state index contributed by atoms with van der Waals surface area (Å²) in [5, 5.41) is 0. The van der Waals surface area contributed by atoms with E-state index in [-0.39, 0.29) is 23.3 Å². The lowest BCUT2D eigenvalue weighted by Gasteiger charge is -2.34. The second kappa shape index (κ2) is 12.1. The van der Waals surface area contributed by atoms with Gasteiger partial charge in [-0.25, -0.2) is 0 Å². The van der Waals surface area contributed by atoms with Crippen molar-refractivity contribution in [3.63, 3.8) is 0 Å². The lowest BCUT2D eigenvalue weighted by Crippen LogP contribution is -2.44. The fourth-order valence-corrected chi connectivity index (χ4v) is 7.12. The van der Waals surface area contributed by atoms with E-state index in [4.69, 9.17) is 0 Å². The van der Waals surface area contributed by atoms with Crippen molar-refractivity contribution in [2.24, 2.45) is 17.8 Å². The van der Waals surface area contributed by atoms with Crippen molar-refractivity contribution in [2.75, 3.05) is 57.8 Å². The molecule has 3 unspecified atom stereocenters. The second-order valence-electron chi connectivity index (χ2n) is 13.0. The topological polar surface area (TPSA) is 80.0 Å². The van der Waals surface area contributed by atoms with E-state index < -0.39 is 0 Å². The van der Waals surface area contributed by atoms with Crippen LogP contribution < -0.4 is 10.5 Å². The van der Waals surface area contributed by atoms with Gasteiger partial charge < -0.3 is 19.7 Å². The van der Waals surface area contributed by atoms with E-state index in [1.807, 2.05) is 11.8 Å². The quantitative estimate of drug-likeness (QED) is 0.557. The Hall–Kier alpha value is -2.97. The third-order valence-electron chi connectivity index (χ3n) is 9.97. The normalized spacial score (nSPS) is 22.6. The van der Waals surface area contributed by atoms with E-state index in [0.717, 1.165) is 76.3 Å². The van der Waals surface area contributed by atoms with Crippen molar-refractivity contribution in [1.82, 2.24) is 19.7 Å². The van der Waals surface area contributed by atoms with Crippen molar-refractivity contribution in [3.8, 4) is 0 Å². The number of amides is 2. The summed E-state index contributed by atoms with van der Waals surface area (Å²) in [6.45, 7) is 16.3. The third-order valence-corrected chi connectivity index (χ3v) is 9.97. The number of fused-ring (bicyclic) bond motifs is 1. The molecule has 0 aliphatic carbocycles. The van der Waals surface area contributed by atoms with Gasteiger partial charge in [0.15, 0.2) is 0 Å². The molecule has 0 spiro atoms. The maximum atomic E-state index is 13.8. The molecule has 4 heterocycles. The maximum absolute atomic E-state index is 13.8. The summed E-state index contributed by atoms with van der Waals surface area (Å²) < 4.78 is 0. The van der Waals surface area contributed by atoms with E-state index in [9.17, 15) is 14.4 Å². The average Bonchev–Trinajstić information content (AvgIpc) is 3.50. The lowest BCUT2D eigenvalue weighted by atomic mass is 9.95. The Morgan fingerprint density at radius 2 is 1.61 bits per heavy atom. The van der Waals surface area contributed by atoms with E-state index >= 15 is 0 Å². The Morgan fingerprint density at radius 1 is 0.951 bits per heavy atom. The molecule has 0 radical (unpaired) electrons. The van der Waals surface area contributed by atoms with Crippen LogP contribution in [-0.4, -0.2) is 90.4 Å². The van der Waals surface area contributed by atoms with Crippen LogP contribution in [0.4, 0.5) is 5.69 Å². The molecule has 8 nitrogen and oxygen atoms in total. The van der Waals surface area contributed by atoms with Gasteiger partial charge in [-0.1, -0.05) is 6.07 Å². The van der Waals surface area contributed by atoms with Gasteiger partial charge in [-0.05, 0) is 115 Å². The van der Waals surface area contributed by atoms with E-state index in [1.54, 1.807) is 6.92 Å². The van der Waals surface area contributed by atoms with Gasteiger partial charge >= 0.3 is 0 Å². The Morgan fingerprint density at radius 3 is 2.22 bits per heavy atom. The number of pyridine rings is 1. The van der Waals surface area contributed by atoms with Gasteiger partial charge in [-0.3, -0.25) is 19.3 Å². The Kier molecular flexibility index (Phi) is 8.71. The van der Waals surface area contributed by atoms with Crippen LogP contribution in [-0.2, 0) is 4.79 Å². The number of aromatic nitrogens is 1. The number of anilines is 1. The zero-order valence-corrected chi connectivity index (χ0v) is 25.7. The molecular formula is C33H47N5O3. The molecule has 2 aromatic rings. The number of nitrogens with one attached hydrogen (secondary N) is 1. The van der Waals surface area contributed by atoms with Crippen molar-refractivity contribution < 1.29 is 9.59 Å². The summed E-state index contributed by atoms with van der Waals surface area (Å²) in [6, 6.07) is 8.28. The first-order valence-corrected chi connectivity index (χ1v) is 15.3. The minimum atomic E-state index is -0.163. The fraction of sp³-hybridized carbons (Fsp3) is 0.606. The van der Waals surface area contributed by atoms with Crippen LogP contribution in [0.2, 0.25) is 0 Å². The number of likely N-dealkylation sites (tertiary alicyclic amines) is 3. The van der Waals surface area contributed by atoms with Crippen molar-refractivity contribution in [3.05, 3.63) is 62.6 Å². The Bertz CT molecular complexity index is 1300. The molecule has 0 bridgehead atoms. The molecule has 41 heavy (non-hydrogen) atoms. The second-order valence-corrected chi connectivity index (χ2v) is 13.0. The Balaban J connectivity index is 1.21. The summed E-state index contributed by atoms with van der Waals surface area (Å²) >= 11 is 0. The number of rotatable bonds is 7. The third kappa shape index (κ3) is 6.28. The van der Waals surface area contributed by atoms with Gasteiger partial charge in [0.25, 0.3) is 5.91 Å². The first kappa shape index (κ1) is 29.5. The standard InChI is InChI=1S/C33H47N5O3/c1-21-7-8-29(15-22(21)2)38(32(40)26-10-12-35(6)13-11-26)14-9-24(4)36-17-27-19-37(20-28(27)18-36)33(41)31-23(3)16-30(39)34-25(31)5/h7-8,15-16,24,26-28H,9-14,17-20H2,1-6H3,(H,34,39). The molecule has 3 saturated heterocycles. The highest BCUT2D eigenvalue weighted by molar-refractivity contribution is 5.97. The number of benzene rings is 1. The molecule has 1 aromatic heterocycles. The van der Waals surface area contributed by atoms with Crippen LogP contribution >= 0.6 is 0 Å². The lowest BCUT2D eigenvalue weighted by molar-refractivity contribution is -0.123. The summed E-state index contributed by atoms with van der Waals surface area (Å²) in [5.41, 5.74) is 5.34. The Labute approximate surface area is 244 Å². The van der Waals surface area contributed by atoms with Gasteiger partial charge in [0, 0.05) is 62.1 Å². The largest absolute Gasteiger partial charge is 0.338 e. The molecule has 5 rings (SSSR count). The summed E-state index contributed by atoms with van der Waals surface area (Å²) in [4.78, 5) is 50.7. The van der Waals surface area contributed by atoms with Crippen molar-refractivity contribution in [1.29, 1.82) is 0 Å². The highest BCUT2D eigenvalue weighted by Gasteiger charge is 2.43. The molecule has 1 aromatic carbocycles. The molecule has 222 valence electrons. The number of piperidine rings is 1. The fourth-order valence-electron chi connectivity index (χ4n) is 7.12. The summed E-state index contributed by atoms with van der Waals surface area (Å²) in [6.07, 6.45) is 2.77. The van der Waals surface area contributed by atoms with Crippen LogP contribution in [0.3, 0.4) is 0 Å². The number of H-pyrrole nitrogens is 1. The van der Waals surface area contributed by atoms with Crippen LogP contribution in [0.1, 0.15) is 58.9 Å². The zero-order valence-electron chi connectivity index (χ0n) is 25.7. The summed E-state index contributed by atoms with van der Waals surface area (Å²) in [7, 11) is 2.13. The highest BCUT2D eigenvalue weighted by atomic mass is 16.2. The maximum Gasteiger partial charge on any atom is 0.255 e. The molecule has 3 aliphatic heterocycles. The number of nitrogens with zero attached hydrogens (tertiary/aromatic N) is 4. The summed E-state index contributed by atoms with van der Waals surface area (Å²) in [5.74, 6) is 1.31. The van der Waals surface area contributed by atoms with Crippen LogP contribution in [0.5, 0.6) is 0 Å². The molecule has 3 atom stereocenters. The molecule has 8 heteroatoms. The predicted molar refractivity (Wildman–Crippen MR) is 164 cm³/mol. The molecule has 1 N–H and O–H groups in total. The monoisotopic (exact) mass is 561 g/mol. The first-order valence-electron chi connectivity index (χ1n) is 15.3. The SMILES string of the molecule is Cc1ccc(N(CCC(C)N2CC3CN(C(=O)c4c(C)cc(=O)[nH]c4C)CC3C2)C(=O)C2CCN(C)CC2)cc1C. The van der Waals surface area contributed by atoms with E-state index in [0.29, 0.717) is 29.1 Å². The van der Waals surface area contributed by atoms with Crippen LogP contribution in [0.15, 0.2) is 29.1 Å². The van der Waals surface area contributed by atoms with Gasteiger partial charge in [0.2, 0.25) is 11.5 Å². The molecular weight excluding hydrogens is 514 g/mol. The van der Waals surface area contributed by atoms with Crippen molar-refractivity contribution in [2.45, 2.75) is 59.9 Å². The number of carbonyl (C=O) groups excluding carboxylic acids is 2. The molecule has 2 amide bonds. The van der Waals surface area contributed by atoms with Gasteiger partial charge in [0.1, 0.15) is 0 Å². The molecule has 0 saturated carbocycles. The van der Waals surface area contributed by atoms with Crippen LogP contribution in [0, 0.1) is 45.4 Å². The predicted octanol–water partition coefficient (Wildman–Crippen LogP) is 3.77. The number of aryl methyl sites for hydroxylation is 4. The van der Waals surface area contributed by atoms with Gasteiger partial charge in [-0.15, -0.1) is 0 Å². The smallest absolute Gasteiger partial charge is 0.255 e. The molecule has 3 fully saturated rings. The van der Waals surface area contributed by atoms with Gasteiger partial charge in [0.05, 0.1) is 5.56 Å². The number of aromatic amines is 1. The van der Waals surface area contributed by atoms with E-state index in [1.165, 1.54) is 17.2 Å². The minimum absolute atomic E-state index is 0.0294. The number of carbonyl (C=O) groups is 2. The molecule has 3 aliphatic rings. The average molecular weight is 562 g/mol. The van der Waals surface area contributed by atoms with E-state index in [2.05, 4.69) is 65.7 Å². The number of hydrogen-bond donors (Lipinski definition) is 1. The van der Waals surface area contributed by atoms with Crippen molar-refractivity contribution >= 4 is 17.5 Å². The number of hydrogen-bond acceptors (Lipinski definition) is 5. The minimum Gasteiger partial charge on any atom is -0.338 e.